The first-order chi connectivity index (χ1) is 19.2. The van der Waals surface area contributed by atoms with Crippen molar-refractivity contribution in [3.8, 4) is 17.2 Å². The van der Waals surface area contributed by atoms with Crippen LogP contribution < -0.4 is 14.8 Å². The number of esters is 1. The Balaban J connectivity index is 1.84. The Bertz CT molecular complexity index is 1400. The second-order valence-corrected chi connectivity index (χ2v) is 10.8. The van der Waals surface area contributed by atoms with Crippen LogP contribution in [0.1, 0.15) is 49.7 Å². The second-order valence-electron chi connectivity index (χ2n) is 9.44. The van der Waals surface area contributed by atoms with Gasteiger partial charge in [-0.25, -0.2) is 4.79 Å². The van der Waals surface area contributed by atoms with Crippen LogP contribution in [0, 0.1) is 10.1 Å². The van der Waals surface area contributed by atoms with Crippen molar-refractivity contribution in [2.24, 2.45) is 0 Å². The van der Waals surface area contributed by atoms with Crippen LogP contribution in [-0.4, -0.2) is 54.1 Å². The van der Waals surface area contributed by atoms with Crippen LogP contribution in [-0.2, 0) is 14.3 Å². The Labute approximate surface area is 236 Å². The molecule has 0 spiro atoms. The van der Waals surface area contributed by atoms with Gasteiger partial charge in [0.25, 0.3) is 0 Å². The molecule has 1 aliphatic carbocycles. The van der Waals surface area contributed by atoms with Gasteiger partial charge in [0, 0.05) is 47.0 Å². The number of rotatable bonds is 10. The largest absolute Gasteiger partial charge is 0.500 e. The third kappa shape index (κ3) is 5.65. The maximum atomic E-state index is 13.9. The Morgan fingerprint density at radius 3 is 2.58 bits per heavy atom. The molecule has 1 heterocycles. The van der Waals surface area contributed by atoms with E-state index in [-0.39, 0.29) is 41.6 Å². The number of nitro groups is 1. The lowest BCUT2D eigenvalue weighted by Gasteiger charge is -2.37. The molecule has 2 aliphatic rings. The molecule has 2 aromatic rings. The number of dihydropyridines is 1. The third-order valence-corrected chi connectivity index (χ3v) is 7.98. The van der Waals surface area contributed by atoms with Crippen molar-refractivity contribution in [1.82, 2.24) is 5.32 Å². The SMILES string of the molecule is CCSCCOC(=O)C1=C(C)NC2=C(C(=O)C[C@@H](c3ccccc3OC)C2)[C@H]1c1cc(OC)c(O)c([N+](=O)[O-])c1. The summed E-state index contributed by atoms with van der Waals surface area (Å²) in [6, 6.07) is 10.1. The van der Waals surface area contributed by atoms with Gasteiger partial charge in [-0.2, -0.15) is 11.8 Å². The van der Waals surface area contributed by atoms with Crippen molar-refractivity contribution in [2.75, 3.05) is 32.3 Å². The number of Topliss-reactive ketones (excluding diaryl/α,β-unsaturated/α-hetero) is 1. The molecule has 0 unspecified atom stereocenters. The Morgan fingerprint density at radius 2 is 1.90 bits per heavy atom. The Morgan fingerprint density at radius 1 is 1.18 bits per heavy atom. The van der Waals surface area contributed by atoms with Crippen LogP contribution in [0.2, 0.25) is 0 Å². The van der Waals surface area contributed by atoms with E-state index in [2.05, 4.69) is 5.32 Å². The Hall–Kier alpha value is -3.99. The van der Waals surface area contributed by atoms with Crippen molar-refractivity contribution < 1.29 is 33.8 Å². The highest BCUT2D eigenvalue weighted by atomic mass is 32.2. The maximum Gasteiger partial charge on any atom is 0.336 e. The number of allylic oxidation sites excluding steroid dienone is 3. The average Bonchev–Trinajstić information content (AvgIpc) is 2.94. The van der Waals surface area contributed by atoms with Gasteiger partial charge in [0.15, 0.2) is 11.5 Å². The maximum absolute atomic E-state index is 13.9. The van der Waals surface area contributed by atoms with Crippen LogP contribution in [0.5, 0.6) is 17.2 Å². The smallest absolute Gasteiger partial charge is 0.336 e. The van der Waals surface area contributed by atoms with Crippen LogP contribution in [0.4, 0.5) is 5.69 Å². The molecule has 2 N–H and O–H groups in total. The molecular formula is C29H32N2O8S. The summed E-state index contributed by atoms with van der Waals surface area (Å²) < 4.78 is 16.3. The first kappa shape index (κ1) is 29.0. The third-order valence-electron chi connectivity index (χ3n) is 7.12. The number of carbonyl (C=O) groups is 2. The fourth-order valence-corrected chi connectivity index (χ4v) is 5.85. The number of thioether (sulfide) groups is 1. The van der Waals surface area contributed by atoms with Crippen LogP contribution in [0.3, 0.4) is 0 Å². The van der Waals surface area contributed by atoms with E-state index in [9.17, 15) is 24.8 Å². The number of benzene rings is 2. The number of para-hydroxylation sites is 1. The van der Waals surface area contributed by atoms with E-state index in [4.69, 9.17) is 14.2 Å². The molecule has 40 heavy (non-hydrogen) atoms. The number of phenols is 1. The number of hydrogen-bond acceptors (Lipinski definition) is 10. The van der Waals surface area contributed by atoms with E-state index in [0.717, 1.165) is 11.3 Å². The number of nitrogens with one attached hydrogen (secondary N) is 1. The lowest BCUT2D eigenvalue weighted by molar-refractivity contribution is -0.386. The first-order valence-electron chi connectivity index (χ1n) is 12.9. The molecular weight excluding hydrogens is 536 g/mol. The molecule has 11 heteroatoms. The lowest BCUT2D eigenvalue weighted by Crippen LogP contribution is -2.36. The summed E-state index contributed by atoms with van der Waals surface area (Å²) >= 11 is 1.62. The van der Waals surface area contributed by atoms with E-state index < -0.39 is 28.2 Å². The van der Waals surface area contributed by atoms with Crippen LogP contribution >= 0.6 is 11.8 Å². The summed E-state index contributed by atoms with van der Waals surface area (Å²) in [6.45, 7) is 3.90. The predicted octanol–water partition coefficient (Wildman–Crippen LogP) is 4.98. The van der Waals surface area contributed by atoms with E-state index >= 15 is 0 Å². The quantitative estimate of drug-likeness (QED) is 0.175. The zero-order valence-corrected chi connectivity index (χ0v) is 23.6. The number of carbonyl (C=O) groups excluding carboxylic acids is 2. The lowest BCUT2D eigenvalue weighted by atomic mass is 9.71. The number of methoxy groups -OCH3 is 2. The fourth-order valence-electron chi connectivity index (χ4n) is 5.36. The molecule has 1 aliphatic heterocycles. The molecule has 2 aromatic carbocycles. The van der Waals surface area contributed by atoms with Gasteiger partial charge in [-0.3, -0.25) is 14.9 Å². The average molecular weight is 569 g/mol. The van der Waals surface area contributed by atoms with Gasteiger partial charge in [0.2, 0.25) is 5.75 Å². The van der Waals surface area contributed by atoms with Crippen molar-refractivity contribution in [1.29, 1.82) is 0 Å². The number of aromatic hydroxyl groups is 1. The monoisotopic (exact) mass is 568 g/mol. The molecule has 0 aromatic heterocycles. The number of phenolic OH excluding ortho intramolecular Hbond substituents is 1. The van der Waals surface area contributed by atoms with Crippen LogP contribution in [0.25, 0.3) is 0 Å². The molecule has 4 rings (SSSR count). The molecule has 2 atom stereocenters. The summed E-state index contributed by atoms with van der Waals surface area (Å²) in [6.07, 6.45) is 0.616. The number of ether oxygens (including phenoxy) is 3. The molecule has 0 radical (unpaired) electrons. The standard InChI is InChI=1S/C29H32N2O8S/c1-5-40-11-10-39-29(34)25-16(2)30-20-12-17(19-8-6-7-9-23(19)37-3)14-22(32)27(20)26(25)18-13-21(31(35)36)28(33)24(15-18)38-4/h6-9,13,15,17,26,30,33H,5,10-12,14H2,1-4H3/t17-,26-/m0/s1. The summed E-state index contributed by atoms with van der Waals surface area (Å²) in [5.74, 6) is -0.560. The molecule has 0 fully saturated rings. The minimum Gasteiger partial charge on any atom is -0.500 e. The number of hydrogen-bond donors (Lipinski definition) is 2. The van der Waals surface area contributed by atoms with Gasteiger partial charge >= 0.3 is 11.7 Å². The highest BCUT2D eigenvalue weighted by Crippen LogP contribution is 2.49. The van der Waals surface area contributed by atoms with Crippen molar-refractivity contribution in [2.45, 2.75) is 38.5 Å². The normalized spacial score (nSPS) is 18.6. The summed E-state index contributed by atoms with van der Waals surface area (Å²) in [4.78, 5) is 38.4. The van der Waals surface area contributed by atoms with Gasteiger partial charge in [-0.1, -0.05) is 25.1 Å². The fraction of sp³-hybridized carbons (Fsp3) is 0.379. The van der Waals surface area contributed by atoms with Crippen LogP contribution in [0.15, 0.2) is 58.9 Å². The highest BCUT2D eigenvalue weighted by molar-refractivity contribution is 7.99. The predicted molar refractivity (Wildman–Crippen MR) is 151 cm³/mol. The zero-order chi connectivity index (χ0) is 29.0. The molecule has 212 valence electrons. The van der Waals surface area contributed by atoms with Gasteiger partial charge in [-0.05, 0) is 42.4 Å². The number of nitro benzene ring substituents is 1. The van der Waals surface area contributed by atoms with E-state index in [1.807, 2.05) is 31.2 Å². The molecule has 0 saturated heterocycles. The summed E-state index contributed by atoms with van der Waals surface area (Å²) in [5.41, 5.74) is 2.22. The van der Waals surface area contributed by atoms with E-state index in [1.54, 1.807) is 25.8 Å². The van der Waals surface area contributed by atoms with Crippen molar-refractivity contribution >= 4 is 29.2 Å². The highest BCUT2D eigenvalue weighted by Gasteiger charge is 2.43. The zero-order valence-electron chi connectivity index (χ0n) is 22.8. The molecule has 0 bridgehead atoms. The molecule has 10 nitrogen and oxygen atoms in total. The molecule has 0 saturated carbocycles. The topological polar surface area (TPSA) is 137 Å². The number of ketones is 1. The van der Waals surface area contributed by atoms with Gasteiger partial charge in [-0.15, -0.1) is 0 Å². The number of nitrogens with zero attached hydrogens (tertiary/aromatic N) is 1. The van der Waals surface area contributed by atoms with Gasteiger partial charge in [0.05, 0.1) is 24.7 Å². The Kier molecular flexibility index (Phi) is 9.03. The second kappa shape index (κ2) is 12.5. The van der Waals surface area contributed by atoms with E-state index in [1.165, 1.54) is 19.2 Å². The van der Waals surface area contributed by atoms with Crippen molar-refractivity contribution in [3.05, 3.63) is 80.2 Å². The first-order valence-corrected chi connectivity index (χ1v) is 14.0. The summed E-state index contributed by atoms with van der Waals surface area (Å²) in [7, 11) is 2.86. The van der Waals surface area contributed by atoms with E-state index in [0.29, 0.717) is 34.9 Å². The van der Waals surface area contributed by atoms with Gasteiger partial charge < -0.3 is 24.6 Å². The minimum absolute atomic E-state index is 0.134. The van der Waals surface area contributed by atoms with Gasteiger partial charge in [0.1, 0.15) is 12.4 Å². The molecule has 0 amide bonds. The summed E-state index contributed by atoms with van der Waals surface area (Å²) in [5, 5.41) is 25.5. The minimum atomic E-state index is -0.957. The van der Waals surface area contributed by atoms with Crippen molar-refractivity contribution in [3.63, 3.8) is 0 Å².